The minimum Gasteiger partial charge on any atom is -0.328 e. The number of sulfonamides is 1. The molecule has 0 spiro atoms. The van der Waals surface area contributed by atoms with Crippen molar-refractivity contribution in [2.24, 2.45) is 0 Å². The molecule has 3 heterocycles. The Morgan fingerprint density at radius 3 is 2.62 bits per heavy atom. The number of hydrogen-bond acceptors (Lipinski definition) is 6. The monoisotopic (exact) mass is 467 g/mol. The molecule has 32 heavy (non-hydrogen) atoms. The summed E-state index contributed by atoms with van der Waals surface area (Å²) in [4.78, 5) is 13.9. The van der Waals surface area contributed by atoms with Crippen LogP contribution in [0.3, 0.4) is 0 Å². The lowest BCUT2D eigenvalue weighted by atomic mass is 10.2. The fraction of sp³-hybridized carbons (Fsp3) is 0.348. The molecule has 1 fully saturated rings. The molecule has 1 saturated heterocycles. The summed E-state index contributed by atoms with van der Waals surface area (Å²) in [5.41, 5.74) is 2.59. The zero-order valence-corrected chi connectivity index (χ0v) is 19.6. The topological polar surface area (TPSA) is 81.0 Å². The largest absolute Gasteiger partial charge is 0.328 e. The summed E-state index contributed by atoms with van der Waals surface area (Å²) >= 11 is 1.62. The number of aryl methyl sites for hydroxylation is 1. The number of nitrogens with zero attached hydrogens (tertiary/aromatic N) is 5. The van der Waals surface area contributed by atoms with E-state index in [9.17, 15) is 8.42 Å². The molecular weight excluding hydrogens is 442 g/mol. The first-order valence-electron chi connectivity index (χ1n) is 10.9. The van der Waals surface area contributed by atoms with Gasteiger partial charge in [-0.2, -0.15) is 4.31 Å². The molecule has 7 nitrogen and oxygen atoms in total. The Labute approximate surface area is 191 Å². The van der Waals surface area contributed by atoms with Crippen molar-refractivity contribution in [3.05, 3.63) is 54.6 Å². The third kappa shape index (κ3) is 3.89. The van der Waals surface area contributed by atoms with E-state index in [0.29, 0.717) is 29.3 Å². The molecule has 2 aromatic carbocycles. The highest BCUT2D eigenvalue weighted by atomic mass is 32.2. The van der Waals surface area contributed by atoms with E-state index >= 15 is 0 Å². The highest BCUT2D eigenvalue weighted by Gasteiger charge is 2.26. The van der Waals surface area contributed by atoms with Crippen LogP contribution in [-0.4, -0.2) is 45.3 Å². The summed E-state index contributed by atoms with van der Waals surface area (Å²) in [6, 6.07) is 13.3. The Morgan fingerprint density at radius 2 is 1.81 bits per heavy atom. The first-order chi connectivity index (χ1) is 15.6. The smallest absolute Gasteiger partial charge is 0.243 e. The van der Waals surface area contributed by atoms with E-state index in [1.807, 2.05) is 30.3 Å². The molecule has 9 heteroatoms. The molecular formula is C23H25N5O2S2. The first kappa shape index (κ1) is 21.4. The molecule has 0 atom stereocenters. The van der Waals surface area contributed by atoms with Crippen molar-refractivity contribution < 1.29 is 8.42 Å². The molecule has 1 aliphatic rings. The number of rotatable bonds is 6. The Kier molecular flexibility index (Phi) is 5.88. The minimum absolute atomic E-state index is 0.327. The van der Waals surface area contributed by atoms with E-state index in [2.05, 4.69) is 21.5 Å². The summed E-state index contributed by atoms with van der Waals surface area (Å²) in [5, 5.41) is 1.94. The van der Waals surface area contributed by atoms with Gasteiger partial charge < -0.3 is 4.57 Å². The van der Waals surface area contributed by atoms with Crippen LogP contribution in [0.15, 0.2) is 58.7 Å². The highest BCUT2D eigenvalue weighted by molar-refractivity contribution is 7.98. The average molecular weight is 468 g/mol. The lowest BCUT2D eigenvalue weighted by Gasteiger charge is -2.25. The Hall–Kier alpha value is -2.49. The summed E-state index contributed by atoms with van der Waals surface area (Å²) in [5.74, 6) is 1.54. The molecule has 1 aliphatic heterocycles. The summed E-state index contributed by atoms with van der Waals surface area (Å²) in [6.45, 7) is 4.03. The maximum absolute atomic E-state index is 13.1. The molecule has 0 bridgehead atoms. The van der Waals surface area contributed by atoms with Crippen LogP contribution in [-0.2, 0) is 22.3 Å². The summed E-state index contributed by atoms with van der Waals surface area (Å²) in [6.07, 6.45) is 4.52. The van der Waals surface area contributed by atoms with E-state index < -0.39 is 10.0 Å². The van der Waals surface area contributed by atoms with E-state index in [1.54, 1.807) is 34.5 Å². The zero-order valence-electron chi connectivity index (χ0n) is 17.9. The molecule has 4 aromatic rings. The zero-order chi connectivity index (χ0) is 22.1. The van der Waals surface area contributed by atoms with Crippen molar-refractivity contribution in [3.63, 3.8) is 0 Å². The Morgan fingerprint density at radius 1 is 1.00 bits per heavy atom. The number of para-hydroxylation sites is 1. The predicted octanol–water partition coefficient (Wildman–Crippen LogP) is 4.47. The molecule has 0 saturated carbocycles. The van der Waals surface area contributed by atoms with Gasteiger partial charge in [-0.3, -0.25) is 0 Å². The van der Waals surface area contributed by atoms with Crippen LogP contribution in [0.4, 0.5) is 0 Å². The van der Waals surface area contributed by atoms with Gasteiger partial charge in [0.05, 0.1) is 27.2 Å². The first-order valence-corrected chi connectivity index (χ1v) is 13.3. The standard InChI is InChI=1S/C23H25N5O2S2/c1-2-28-21-11-10-17(32(29,30)27-12-6-3-7-13-27)14-20(21)26-22(28)15-31-23-18-8-4-5-9-19(18)24-16-25-23/h4-5,8-11,14,16H,2-3,6-7,12-13,15H2,1H3. The third-order valence-corrected chi connectivity index (χ3v) is 8.81. The fourth-order valence-corrected chi connectivity index (χ4v) is 6.74. The fourth-order valence-electron chi connectivity index (χ4n) is 4.27. The number of imidazole rings is 1. The number of piperidine rings is 1. The van der Waals surface area contributed by atoms with E-state index in [0.717, 1.165) is 53.1 Å². The molecule has 166 valence electrons. The van der Waals surface area contributed by atoms with Gasteiger partial charge in [0.2, 0.25) is 10.0 Å². The number of aromatic nitrogens is 4. The van der Waals surface area contributed by atoms with Crippen molar-refractivity contribution in [2.75, 3.05) is 13.1 Å². The van der Waals surface area contributed by atoms with Gasteiger partial charge in [0.1, 0.15) is 17.2 Å². The van der Waals surface area contributed by atoms with Gasteiger partial charge in [0, 0.05) is 25.0 Å². The average Bonchev–Trinajstić information content (AvgIpc) is 3.20. The lowest BCUT2D eigenvalue weighted by Crippen LogP contribution is -2.35. The number of fused-ring (bicyclic) bond motifs is 2. The van der Waals surface area contributed by atoms with Gasteiger partial charge in [0.15, 0.2) is 0 Å². The number of thioether (sulfide) groups is 1. The highest BCUT2D eigenvalue weighted by Crippen LogP contribution is 2.30. The normalized spacial score (nSPS) is 15.5. The third-order valence-electron chi connectivity index (χ3n) is 5.91. The maximum Gasteiger partial charge on any atom is 0.243 e. The second-order valence-electron chi connectivity index (χ2n) is 7.87. The second kappa shape index (κ2) is 8.80. The van der Waals surface area contributed by atoms with Crippen LogP contribution in [0.5, 0.6) is 0 Å². The molecule has 0 unspecified atom stereocenters. The maximum atomic E-state index is 13.1. The van der Waals surface area contributed by atoms with Crippen LogP contribution in [0, 0.1) is 0 Å². The second-order valence-corrected chi connectivity index (χ2v) is 10.8. The summed E-state index contributed by atoms with van der Waals surface area (Å²) in [7, 11) is -3.48. The minimum atomic E-state index is -3.48. The van der Waals surface area contributed by atoms with Crippen LogP contribution in [0.25, 0.3) is 21.9 Å². The Balaban J connectivity index is 1.46. The Bertz CT molecular complexity index is 1370. The van der Waals surface area contributed by atoms with E-state index in [4.69, 9.17) is 4.98 Å². The van der Waals surface area contributed by atoms with Gasteiger partial charge >= 0.3 is 0 Å². The van der Waals surface area contributed by atoms with Crippen molar-refractivity contribution in [2.45, 2.75) is 48.4 Å². The molecule has 0 radical (unpaired) electrons. The van der Waals surface area contributed by atoms with Crippen molar-refractivity contribution in [1.82, 2.24) is 23.8 Å². The van der Waals surface area contributed by atoms with Gasteiger partial charge in [-0.25, -0.2) is 23.4 Å². The van der Waals surface area contributed by atoms with Gasteiger partial charge in [-0.05, 0) is 44.0 Å². The molecule has 0 amide bonds. The van der Waals surface area contributed by atoms with Gasteiger partial charge in [-0.1, -0.05) is 36.4 Å². The van der Waals surface area contributed by atoms with Crippen molar-refractivity contribution in [3.8, 4) is 0 Å². The molecule has 2 aromatic heterocycles. The molecule has 0 aliphatic carbocycles. The number of benzene rings is 2. The molecule has 5 rings (SSSR count). The lowest BCUT2D eigenvalue weighted by molar-refractivity contribution is 0.346. The van der Waals surface area contributed by atoms with Crippen LogP contribution in [0.2, 0.25) is 0 Å². The van der Waals surface area contributed by atoms with Gasteiger partial charge in [0.25, 0.3) is 0 Å². The summed E-state index contributed by atoms with van der Waals surface area (Å²) < 4.78 is 29.9. The molecule has 0 N–H and O–H groups in total. The van der Waals surface area contributed by atoms with Crippen molar-refractivity contribution in [1.29, 1.82) is 0 Å². The van der Waals surface area contributed by atoms with Crippen LogP contribution < -0.4 is 0 Å². The van der Waals surface area contributed by atoms with Crippen LogP contribution in [0.1, 0.15) is 32.0 Å². The van der Waals surface area contributed by atoms with Crippen molar-refractivity contribution >= 4 is 43.7 Å². The van der Waals surface area contributed by atoms with Gasteiger partial charge in [-0.15, -0.1) is 0 Å². The van der Waals surface area contributed by atoms with Crippen LogP contribution >= 0.6 is 11.8 Å². The van der Waals surface area contributed by atoms with E-state index in [1.165, 1.54) is 0 Å². The quantitative estimate of drug-likeness (QED) is 0.307. The predicted molar refractivity (Wildman–Crippen MR) is 127 cm³/mol. The number of hydrogen-bond donors (Lipinski definition) is 0. The SMILES string of the molecule is CCn1c(CSc2ncnc3ccccc23)nc2cc(S(=O)(=O)N3CCCCC3)ccc21. The van der Waals surface area contributed by atoms with E-state index in [-0.39, 0.29) is 0 Å².